The number of carbonyl (C=O) groups excluding carboxylic acids is 2. The minimum atomic E-state index is -0.116. The summed E-state index contributed by atoms with van der Waals surface area (Å²) >= 11 is 0. The number of likely N-dealkylation sites (N-methyl/N-ethyl adjacent to an activating group) is 1. The summed E-state index contributed by atoms with van der Waals surface area (Å²) < 4.78 is 11.3. The number of nitrogens with zero attached hydrogens (tertiary/aromatic N) is 2. The van der Waals surface area contributed by atoms with Gasteiger partial charge in [0.1, 0.15) is 12.4 Å². The normalized spacial score (nSPS) is 18.3. The van der Waals surface area contributed by atoms with Crippen molar-refractivity contribution in [2.24, 2.45) is 0 Å². The van der Waals surface area contributed by atoms with Gasteiger partial charge in [-0.15, -0.1) is 0 Å². The van der Waals surface area contributed by atoms with E-state index in [1.54, 1.807) is 4.90 Å². The molecule has 166 valence electrons. The van der Waals surface area contributed by atoms with E-state index < -0.39 is 0 Å². The van der Waals surface area contributed by atoms with Crippen LogP contribution in [0.25, 0.3) is 0 Å². The lowest BCUT2D eigenvalue weighted by atomic mass is 10.1. The molecule has 0 aromatic heterocycles. The monoisotopic (exact) mass is 417 g/mol. The first-order valence-corrected chi connectivity index (χ1v) is 11.2. The van der Waals surface area contributed by atoms with Gasteiger partial charge in [-0.1, -0.05) is 18.6 Å². The highest BCUT2D eigenvalue weighted by Gasteiger charge is 2.19. The summed E-state index contributed by atoms with van der Waals surface area (Å²) in [6.45, 7) is 4.44. The molecule has 7 heteroatoms. The number of carbonyl (C=O) groups is 2. The first kappa shape index (κ1) is 22.6. The van der Waals surface area contributed by atoms with Crippen LogP contribution in [0.1, 0.15) is 44.1 Å². The molecule has 1 N–H and O–H groups in total. The predicted molar refractivity (Wildman–Crippen MR) is 115 cm³/mol. The first-order chi connectivity index (χ1) is 14.6. The van der Waals surface area contributed by atoms with E-state index in [1.807, 2.05) is 24.3 Å². The predicted octanol–water partition coefficient (Wildman–Crippen LogP) is 2.19. The summed E-state index contributed by atoms with van der Waals surface area (Å²) in [6.07, 6.45) is 5.66. The highest BCUT2D eigenvalue weighted by atomic mass is 16.5. The molecule has 1 aromatic carbocycles. The maximum Gasteiger partial charge on any atom is 0.239 e. The van der Waals surface area contributed by atoms with Crippen molar-refractivity contribution in [2.75, 3.05) is 46.5 Å². The van der Waals surface area contributed by atoms with Crippen molar-refractivity contribution in [1.29, 1.82) is 0 Å². The van der Waals surface area contributed by atoms with Crippen LogP contribution in [0.4, 0.5) is 0 Å². The van der Waals surface area contributed by atoms with E-state index in [9.17, 15) is 9.59 Å². The molecular weight excluding hydrogens is 382 g/mol. The molecule has 0 spiro atoms. The second kappa shape index (κ2) is 11.9. The number of rotatable bonds is 9. The van der Waals surface area contributed by atoms with Gasteiger partial charge in [-0.25, -0.2) is 0 Å². The highest BCUT2D eigenvalue weighted by Crippen LogP contribution is 2.15. The number of ether oxygens (including phenoxy) is 2. The van der Waals surface area contributed by atoms with E-state index in [4.69, 9.17) is 9.47 Å². The molecule has 3 rings (SSSR count). The molecule has 2 saturated heterocycles. The number of likely N-dealkylation sites (tertiary alicyclic amines) is 1. The number of benzene rings is 1. The molecule has 0 bridgehead atoms. The molecule has 0 radical (unpaired) electrons. The Bertz CT molecular complexity index is 691. The fourth-order valence-electron chi connectivity index (χ4n) is 4.00. The molecular formula is C23H35N3O4. The largest absolute Gasteiger partial charge is 0.492 e. The molecule has 2 aliphatic heterocycles. The van der Waals surface area contributed by atoms with E-state index >= 15 is 0 Å². The van der Waals surface area contributed by atoms with Gasteiger partial charge in [0.15, 0.2) is 0 Å². The summed E-state index contributed by atoms with van der Waals surface area (Å²) in [7, 11) is 2.14. The zero-order chi connectivity index (χ0) is 21.2. The SMILES string of the molecule is CN(CCOc1cccc(CNC(=O)CN2CCCCCC2=O)c1)C1CCOCC1. The second-order valence-corrected chi connectivity index (χ2v) is 8.22. The minimum Gasteiger partial charge on any atom is -0.492 e. The lowest BCUT2D eigenvalue weighted by molar-refractivity contribution is -0.135. The standard InChI is InChI=1S/C23H35N3O4/c1-25(20-9-13-29-14-10-20)12-15-30-21-7-5-6-19(16-21)17-24-22(27)18-26-11-4-2-3-8-23(26)28/h5-7,16,20H,2-4,8-15,17-18H2,1H3,(H,24,27). The summed E-state index contributed by atoms with van der Waals surface area (Å²) in [5.41, 5.74) is 0.987. The van der Waals surface area contributed by atoms with Crippen molar-refractivity contribution in [1.82, 2.24) is 15.1 Å². The Morgan fingerprint density at radius 2 is 2.10 bits per heavy atom. The molecule has 2 fully saturated rings. The Balaban J connectivity index is 1.39. The zero-order valence-corrected chi connectivity index (χ0v) is 18.1. The number of hydrogen-bond acceptors (Lipinski definition) is 5. The number of hydrogen-bond donors (Lipinski definition) is 1. The van der Waals surface area contributed by atoms with Crippen LogP contribution in [-0.4, -0.2) is 74.2 Å². The molecule has 0 saturated carbocycles. The van der Waals surface area contributed by atoms with Crippen LogP contribution in [0.2, 0.25) is 0 Å². The lowest BCUT2D eigenvalue weighted by Gasteiger charge is -2.31. The van der Waals surface area contributed by atoms with Crippen molar-refractivity contribution in [2.45, 2.75) is 51.1 Å². The third-order valence-corrected chi connectivity index (χ3v) is 5.92. The van der Waals surface area contributed by atoms with Gasteiger partial charge in [0.2, 0.25) is 11.8 Å². The Hall–Kier alpha value is -2.12. The molecule has 0 aliphatic carbocycles. The van der Waals surface area contributed by atoms with E-state index in [0.29, 0.717) is 32.2 Å². The van der Waals surface area contributed by atoms with Crippen molar-refractivity contribution >= 4 is 11.8 Å². The lowest BCUT2D eigenvalue weighted by Crippen LogP contribution is -2.40. The summed E-state index contributed by atoms with van der Waals surface area (Å²) in [5, 5.41) is 2.92. The highest BCUT2D eigenvalue weighted by molar-refractivity contribution is 5.84. The molecule has 7 nitrogen and oxygen atoms in total. The quantitative estimate of drug-likeness (QED) is 0.667. The summed E-state index contributed by atoms with van der Waals surface area (Å²) in [4.78, 5) is 28.3. The fraction of sp³-hybridized carbons (Fsp3) is 0.652. The molecule has 2 amide bonds. The second-order valence-electron chi connectivity index (χ2n) is 8.22. The Morgan fingerprint density at radius 1 is 1.27 bits per heavy atom. The van der Waals surface area contributed by atoms with Crippen LogP contribution < -0.4 is 10.1 Å². The van der Waals surface area contributed by atoms with Crippen LogP contribution >= 0.6 is 0 Å². The Morgan fingerprint density at radius 3 is 2.93 bits per heavy atom. The first-order valence-electron chi connectivity index (χ1n) is 11.2. The number of amides is 2. The fourth-order valence-corrected chi connectivity index (χ4v) is 4.00. The Labute approximate surface area is 179 Å². The third kappa shape index (κ3) is 7.29. The minimum absolute atomic E-state index is 0.0868. The van der Waals surface area contributed by atoms with Crippen molar-refractivity contribution in [3.05, 3.63) is 29.8 Å². The molecule has 1 aromatic rings. The maximum atomic E-state index is 12.3. The third-order valence-electron chi connectivity index (χ3n) is 5.92. The van der Waals surface area contributed by atoms with Gasteiger partial charge in [-0.2, -0.15) is 0 Å². The van der Waals surface area contributed by atoms with Crippen LogP contribution in [0, 0.1) is 0 Å². The van der Waals surface area contributed by atoms with E-state index in [0.717, 1.165) is 63.2 Å². The zero-order valence-electron chi connectivity index (χ0n) is 18.1. The van der Waals surface area contributed by atoms with E-state index in [-0.39, 0.29) is 18.4 Å². The van der Waals surface area contributed by atoms with Crippen LogP contribution in [0.15, 0.2) is 24.3 Å². The van der Waals surface area contributed by atoms with Crippen molar-refractivity contribution in [3.8, 4) is 5.75 Å². The molecule has 0 unspecified atom stereocenters. The Kier molecular flexibility index (Phi) is 8.96. The van der Waals surface area contributed by atoms with Gasteiger partial charge >= 0.3 is 0 Å². The summed E-state index contributed by atoms with van der Waals surface area (Å²) in [5.74, 6) is 0.781. The van der Waals surface area contributed by atoms with E-state index in [1.165, 1.54) is 0 Å². The molecule has 2 aliphatic rings. The average Bonchev–Trinajstić information content (AvgIpc) is 2.97. The maximum absolute atomic E-state index is 12.3. The van der Waals surface area contributed by atoms with Crippen LogP contribution in [0.3, 0.4) is 0 Å². The topological polar surface area (TPSA) is 71.1 Å². The van der Waals surface area contributed by atoms with Gasteiger partial charge in [-0.05, 0) is 50.4 Å². The van der Waals surface area contributed by atoms with Gasteiger partial charge in [0.25, 0.3) is 0 Å². The molecule has 30 heavy (non-hydrogen) atoms. The van der Waals surface area contributed by atoms with E-state index in [2.05, 4.69) is 17.3 Å². The van der Waals surface area contributed by atoms with Gasteiger partial charge < -0.3 is 19.7 Å². The van der Waals surface area contributed by atoms with Gasteiger partial charge in [0, 0.05) is 45.3 Å². The smallest absolute Gasteiger partial charge is 0.239 e. The van der Waals surface area contributed by atoms with Crippen molar-refractivity contribution < 1.29 is 19.1 Å². The average molecular weight is 418 g/mol. The molecule has 0 atom stereocenters. The number of nitrogens with one attached hydrogen (secondary N) is 1. The van der Waals surface area contributed by atoms with Crippen LogP contribution in [0.5, 0.6) is 5.75 Å². The van der Waals surface area contributed by atoms with Gasteiger partial charge in [-0.3, -0.25) is 14.5 Å². The van der Waals surface area contributed by atoms with Crippen molar-refractivity contribution in [3.63, 3.8) is 0 Å². The molecule has 2 heterocycles. The van der Waals surface area contributed by atoms with Crippen LogP contribution in [-0.2, 0) is 20.9 Å². The van der Waals surface area contributed by atoms with Gasteiger partial charge in [0.05, 0.1) is 6.54 Å². The summed E-state index contributed by atoms with van der Waals surface area (Å²) in [6, 6.07) is 8.39.